The Morgan fingerprint density at radius 1 is 1.45 bits per heavy atom. The highest BCUT2D eigenvalue weighted by Gasteiger charge is 2.26. The number of hydrogen-bond donors (Lipinski definition) is 1. The Morgan fingerprint density at radius 2 is 2.25 bits per heavy atom. The summed E-state index contributed by atoms with van der Waals surface area (Å²) < 4.78 is 16.4. The van der Waals surface area contributed by atoms with Crippen LogP contribution in [0.1, 0.15) is 12.6 Å². The maximum atomic E-state index is 5.69. The van der Waals surface area contributed by atoms with Crippen LogP contribution >= 0.6 is 0 Å². The first-order valence-corrected chi connectivity index (χ1v) is 6.81. The Labute approximate surface area is 119 Å². The standard InChI is InChI=1S/C14H23N3O3/c1-10-9-20-11(6-15)7-17(10)8-12-14(19-3)13(18-2)4-5-16-12/h4-5,10-11H,6-9,15H2,1-3H3. The molecule has 2 unspecified atom stereocenters. The predicted octanol–water partition coefficient (Wildman–Crippen LogP) is 0.647. The molecular weight excluding hydrogens is 258 g/mol. The van der Waals surface area contributed by atoms with Gasteiger partial charge in [-0.05, 0) is 6.92 Å². The Hall–Kier alpha value is -1.37. The second-order valence-electron chi connectivity index (χ2n) is 4.96. The molecule has 0 amide bonds. The Kier molecular flexibility index (Phi) is 5.17. The smallest absolute Gasteiger partial charge is 0.183 e. The van der Waals surface area contributed by atoms with Gasteiger partial charge in [-0.15, -0.1) is 0 Å². The second-order valence-corrected chi connectivity index (χ2v) is 4.96. The van der Waals surface area contributed by atoms with Gasteiger partial charge in [0.25, 0.3) is 0 Å². The molecule has 2 heterocycles. The van der Waals surface area contributed by atoms with Crippen molar-refractivity contribution in [3.8, 4) is 11.5 Å². The number of nitrogens with two attached hydrogens (primary N) is 1. The first-order chi connectivity index (χ1) is 9.69. The van der Waals surface area contributed by atoms with Crippen molar-refractivity contribution in [3.05, 3.63) is 18.0 Å². The van der Waals surface area contributed by atoms with Gasteiger partial charge in [0.1, 0.15) is 5.69 Å². The molecule has 112 valence electrons. The minimum Gasteiger partial charge on any atom is -0.493 e. The van der Waals surface area contributed by atoms with Crippen LogP contribution in [0.5, 0.6) is 11.5 Å². The molecule has 0 aliphatic carbocycles. The van der Waals surface area contributed by atoms with Crippen molar-refractivity contribution >= 4 is 0 Å². The molecule has 0 spiro atoms. The third kappa shape index (κ3) is 3.20. The SMILES string of the molecule is COc1ccnc(CN2CC(CN)OCC2C)c1OC. The van der Waals surface area contributed by atoms with Crippen molar-refractivity contribution < 1.29 is 14.2 Å². The maximum absolute atomic E-state index is 5.69. The van der Waals surface area contributed by atoms with Crippen molar-refractivity contribution in [2.45, 2.75) is 25.6 Å². The summed E-state index contributed by atoms with van der Waals surface area (Å²) in [4.78, 5) is 6.73. The largest absolute Gasteiger partial charge is 0.493 e. The van der Waals surface area contributed by atoms with Crippen LogP contribution < -0.4 is 15.2 Å². The number of morpholine rings is 1. The summed E-state index contributed by atoms with van der Waals surface area (Å²) in [6.45, 7) is 4.86. The minimum atomic E-state index is 0.0859. The van der Waals surface area contributed by atoms with E-state index in [0.29, 0.717) is 37.2 Å². The zero-order valence-corrected chi connectivity index (χ0v) is 12.3. The molecule has 0 saturated carbocycles. The Bertz CT molecular complexity index is 442. The molecule has 2 N–H and O–H groups in total. The van der Waals surface area contributed by atoms with Crippen LogP contribution in [0.2, 0.25) is 0 Å². The zero-order chi connectivity index (χ0) is 14.5. The molecular formula is C14H23N3O3. The summed E-state index contributed by atoms with van der Waals surface area (Å²) in [6, 6.07) is 2.13. The van der Waals surface area contributed by atoms with E-state index < -0.39 is 0 Å². The van der Waals surface area contributed by atoms with Gasteiger partial charge in [0.2, 0.25) is 0 Å². The van der Waals surface area contributed by atoms with Crippen molar-refractivity contribution in [2.24, 2.45) is 5.73 Å². The van der Waals surface area contributed by atoms with E-state index in [-0.39, 0.29) is 6.10 Å². The highest BCUT2D eigenvalue weighted by molar-refractivity contribution is 5.42. The molecule has 1 aliphatic rings. The van der Waals surface area contributed by atoms with Gasteiger partial charge in [-0.1, -0.05) is 0 Å². The number of nitrogens with zero attached hydrogens (tertiary/aromatic N) is 2. The molecule has 1 aliphatic heterocycles. The van der Waals surface area contributed by atoms with Crippen molar-refractivity contribution in [1.82, 2.24) is 9.88 Å². The van der Waals surface area contributed by atoms with E-state index in [9.17, 15) is 0 Å². The van der Waals surface area contributed by atoms with E-state index >= 15 is 0 Å². The molecule has 0 radical (unpaired) electrons. The van der Waals surface area contributed by atoms with Gasteiger partial charge in [0, 0.05) is 37.9 Å². The quantitative estimate of drug-likeness (QED) is 0.854. The van der Waals surface area contributed by atoms with E-state index in [4.69, 9.17) is 19.9 Å². The monoisotopic (exact) mass is 281 g/mol. The van der Waals surface area contributed by atoms with Gasteiger partial charge in [-0.25, -0.2) is 0 Å². The zero-order valence-electron chi connectivity index (χ0n) is 12.3. The number of aromatic nitrogens is 1. The second kappa shape index (κ2) is 6.88. The fraction of sp³-hybridized carbons (Fsp3) is 0.643. The lowest BCUT2D eigenvalue weighted by Crippen LogP contribution is -2.50. The van der Waals surface area contributed by atoms with E-state index in [1.807, 2.05) is 0 Å². The third-order valence-electron chi connectivity index (χ3n) is 3.62. The van der Waals surface area contributed by atoms with E-state index in [0.717, 1.165) is 12.2 Å². The summed E-state index contributed by atoms with van der Waals surface area (Å²) in [5.41, 5.74) is 6.57. The average Bonchev–Trinajstić information content (AvgIpc) is 2.49. The lowest BCUT2D eigenvalue weighted by molar-refractivity contribution is -0.0573. The van der Waals surface area contributed by atoms with Crippen LogP contribution in [0.4, 0.5) is 0 Å². The van der Waals surface area contributed by atoms with Crippen LogP contribution in [-0.2, 0) is 11.3 Å². The normalized spacial score (nSPS) is 23.6. The molecule has 1 fully saturated rings. The molecule has 6 nitrogen and oxygen atoms in total. The van der Waals surface area contributed by atoms with Gasteiger partial charge in [0.05, 0.1) is 26.9 Å². The van der Waals surface area contributed by atoms with E-state index in [2.05, 4.69) is 16.8 Å². The van der Waals surface area contributed by atoms with Crippen LogP contribution in [0.15, 0.2) is 12.3 Å². The van der Waals surface area contributed by atoms with Gasteiger partial charge >= 0.3 is 0 Å². The molecule has 6 heteroatoms. The fourth-order valence-corrected chi connectivity index (χ4v) is 2.39. The van der Waals surface area contributed by atoms with Gasteiger partial charge in [-0.3, -0.25) is 9.88 Å². The van der Waals surface area contributed by atoms with Crippen LogP contribution in [0.25, 0.3) is 0 Å². The fourth-order valence-electron chi connectivity index (χ4n) is 2.39. The Morgan fingerprint density at radius 3 is 2.90 bits per heavy atom. The third-order valence-corrected chi connectivity index (χ3v) is 3.62. The molecule has 0 aromatic carbocycles. The van der Waals surface area contributed by atoms with Gasteiger partial charge in [0.15, 0.2) is 11.5 Å². The topological polar surface area (TPSA) is 69.8 Å². The highest BCUT2D eigenvalue weighted by atomic mass is 16.5. The molecule has 0 bridgehead atoms. The number of ether oxygens (including phenoxy) is 3. The molecule has 20 heavy (non-hydrogen) atoms. The first-order valence-electron chi connectivity index (χ1n) is 6.81. The molecule has 2 atom stereocenters. The van der Waals surface area contributed by atoms with Crippen molar-refractivity contribution in [2.75, 3.05) is 33.9 Å². The number of rotatable bonds is 5. The lowest BCUT2D eigenvalue weighted by Gasteiger charge is -2.37. The molecule has 1 aromatic rings. The number of pyridine rings is 1. The Balaban J connectivity index is 2.16. The molecule has 1 aromatic heterocycles. The van der Waals surface area contributed by atoms with Crippen molar-refractivity contribution in [1.29, 1.82) is 0 Å². The minimum absolute atomic E-state index is 0.0859. The summed E-state index contributed by atoms with van der Waals surface area (Å²) in [5.74, 6) is 1.40. The molecule has 2 rings (SSSR count). The van der Waals surface area contributed by atoms with Gasteiger partial charge in [-0.2, -0.15) is 0 Å². The summed E-state index contributed by atoms with van der Waals surface area (Å²) in [7, 11) is 3.26. The average molecular weight is 281 g/mol. The van der Waals surface area contributed by atoms with E-state index in [1.165, 1.54) is 0 Å². The summed E-state index contributed by atoms with van der Waals surface area (Å²) >= 11 is 0. The van der Waals surface area contributed by atoms with Crippen LogP contribution in [0, 0.1) is 0 Å². The number of hydrogen-bond acceptors (Lipinski definition) is 6. The lowest BCUT2D eigenvalue weighted by atomic mass is 10.1. The van der Waals surface area contributed by atoms with Crippen molar-refractivity contribution in [3.63, 3.8) is 0 Å². The predicted molar refractivity (Wildman–Crippen MR) is 76.0 cm³/mol. The van der Waals surface area contributed by atoms with E-state index in [1.54, 1.807) is 26.5 Å². The van der Waals surface area contributed by atoms with Gasteiger partial charge < -0.3 is 19.9 Å². The van der Waals surface area contributed by atoms with Crippen LogP contribution in [0.3, 0.4) is 0 Å². The number of methoxy groups -OCH3 is 2. The summed E-state index contributed by atoms with van der Waals surface area (Å²) in [6.07, 6.45) is 1.82. The molecule has 1 saturated heterocycles. The summed E-state index contributed by atoms with van der Waals surface area (Å²) in [5, 5.41) is 0. The first kappa shape index (κ1) is 15.0. The maximum Gasteiger partial charge on any atom is 0.183 e. The highest BCUT2D eigenvalue weighted by Crippen LogP contribution is 2.30. The van der Waals surface area contributed by atoms with Crippen LogP contribution in [-0.4, -0.2) is 55.9 Å².